The molecule has 0 aromatic carbocycles. The van der Waals surface area contributed by atoms with E-state index in [4.69, 9.17) is 4.74 Å². The van der Waals surface area contributed by atoms with Gasteiger partial charge >= 0.3 is 0 Å². The van der Waals surface area contributed by atoms with Crippen LogP contribution in [0.4, 0.5) is 5.69 Å². The van der Waals surface area contributed by atoms with Gasteiger partial charge < -0.3 is 20.3 Å². The molecule has 0 bridgehead atoms. The monoisotopic (exact) mass is 349 g/mol. The molecule has 2 aliphatic heterocycles. The van der Waals surface area contributed by atoms with Crippen LogP contribution in [-0.2, 0) is 20.9 Å². The summed E-state index contributed by atoms with van der Waals surface area (Å²) in [5.41, 5.74) is 0.626. The number of hydrogen-bond acceptors (Lipinski definition) is 5. The van der Waals surface area contributed by atoms with Crippen molar-refractivity contribution in [3.05, 3.63) is 12.4 Å². The van der Waals surface area contributed by atoms with Crippen LogP contribution in [0.5, 0.6) is 0 Å². The fourth-order valence-corrected chi connectivity index (χ4v) is 3.27. The molecule has 2 fully saturated rings. The van der Waals surface area contributed by atoms with Gasteiger partial charge in [-0.3, -0.25) is 14.3 Å². The molecule has 8 heteroatoms. The molecule has 3 atom stereocenters. The predicted molar refractivity (Wildman–Crippen MR) is 93.0 cm³/mol. The quantitative estimate of drug-likeness (QED) is 0.799. The molecule has 2 N–H and O–H groups in total. The minimum Gasteiger partial charge on any atom is -0.372 e. The molecule has 1 aromatic rings. The lowest BCUT2D eigenvalue weighted by Crippen LogP contribution is -2.49. The van der Waals surface area contributed by atoms with Crippen LogP contribution in [0.25, 0.3) is 0 Å². The predicted octanol–water partition coefficient (Wildman–Crippen LogP) is 0.313. The van der Waals surface area contributed by atoms with Gasteiger partial charge in [-0.15, -0.1) is 0 Å². The molecule has 2 saturated heterocycles. The summed E-state index contributed by atoms with van der Waals surface area (Å²) in [6.07, 6.45) is 3.38. The van der Waals surface area contributed by atoms with Crippen LogP contribution in [-0.4, -0.2) is 64.9 Å². The van der Waals surface area contributed by atoms with E-state index in [1.807, 2.05) is 25.7 Å². The number of ether oxygens (including phenoxy) is 1. The molecule has 3 heterocycles. The summed E-state index contributed by atoms with van der Waals surface area (Å²) in [6, 6.07) is 0. The number of amides is 2. The average molecular weight is 349 g/mol. The molecular formula is C17H27N5O3. The number of carbonyl (C=O) groups is 2. The van der Waals surface area contributed by atoms with E-state index in [1.54, 1.807) is 17.1 Å². The molecule has 1 aromatic heterocycles. The third-order valence-electron chi connectivity index (χ3n) is 4.90. The maximum absolute atomic E-state index is 12.4. The summed E-state index contributed by atoms with van der Waals surface area (Å²) in [4.78, 5) is 26.5. The number of morpholine rings is 1. The van der Waals surface area contributed by atoms with Crippen molar-refractivity contribution in [1.82, 2.24) is 20.0 Å². The maximum Gasteiger partial charge on any atom is 0.244 e. The number of aromatic nitrogens is 2. The highest BCUT2D eigenvalue weighted by molar-refractivity contribution is 5.92. The van der Waals surface area contributed by atoms with E-state index in [1.165, 1.54) is 0 Å². The third-order valence-corrected chi connectivity index (χ3v) is 4.90. The molecule has 2 amide bonds. The second kappa shape index (κ2) is 7.53. The first-order chi connectivity index (χ1) is 11.9. The lowest BCUT2D eigenvalue weighted by molar-refractivity contribution is -0.144. The SMILES string of the molecule is CC1CN(C(=O)Cn2cc(NC(=O)C(C)C3CNC3)cn2)CC(C)O1. The standard InChI is InChI=1S/C17H27N5O3/c1-11-7-21(8-12(2)25-11)16(23)10-22-9-15(6-19-22)20-17(24)13(3)14-4-18-5-14/h6,9,11-14,18H,4-5,7-8,10H2,1-3H3,(H,20,24). The van der Waals surface area contributed by atoms with Crippen LogP contribution in [0.1, 0.15) is 20.8 Å². The van der Waals surface area contributed by atoms with Gasteiger partial charge in [0.05, 0.1) is 24.1 Å². The fraction of sp³-hybridized carbons (Fsp3) is 0.706. The van der Waals surface area contributed by atoms with E-state index < -0.39 is 0 Å². The van der Waals surface area contributed by atoms with Crippen LogP contribution in [0.15, 0.2) is 12.4 Å². The van der Waals surface area contributed by atoms with Gasteiger partial charge in [0.2, 0.25) is 11.8 Å². The van der Waals surface area contributed by atoms with E-state index in [2.05, 4.69) is 15.7 Å². The van der Waals surface area contributed by atoms with Gasteiger partial charge in [0.15, 0.2) is 0 Å². The maximum atomic E-state index is 12.4. The summed E-state index contributed by atoms with van der Waals surface area (Å²) in [5, 5.41) is 10.3. The molecule has 25 heavy (non-hydrogen) atoms. The van der Waals surface area contributed by atoms with Crippen molar-refractivity contribution in [1.29, 1.82) is 0 Å². The second-order valence-corrected chi connectivity index (χ2v) is 7.18. The van der Waals surface area contributed by atoms with Gasteiger partial charge in [-0.05, 0) is 32.9 Å². The normalized spacial score (nSPS) is 25.3. The van der Waals surface area contributed by atoms with E-state index in [0.29, 0.717) is 24.7 Å². The largest absolute Gasteiger partial charge is 0.372 e. The molecule has 138 valence electrons. The second-order valence-electron chi connectivity index (χ2n) is 7.18. The Morgan fingerprint density at radius 3 is 2.64 bits per heavy atom. The Kier molecular flexibility index (Phi) is 5.39. The Morgan fingerprint density at radius 2 is 2.04 bits per heavy atom. The lowest BCUT2D eigenvalue weighted by Gasteiger charge is -2.35. The van der Waals surface area contributed by atoms with E-state index in [0.717, 1.165) is 13.1 Å². The zero-order chi connectivity index (χ0) is 18.0. The molecule has 0 saturated carbocycles. The molecule has 8 nitrogen and oxygen atoms in total. The minimum absolute atomic E-state index is 0.00629. The first kappa shape index (κ1) is 17.9. The zero-order valence-electron chi connectivity index (χ0n) is 15.1. The Morgan fingerprint density at radius 1 is 1.36 bits per heavy atom. The Balaban J connectivity index is 1.52. The molecule has 0 spiro atoms. The van der Waals surface area contributed by atoms with Gasteiger partial charge in [0, 0.05) is 25.2 Å². The molecule has 3 unspecified atom stereocenters. The first-order valence-electron chi connectivity index (χ1n) is 8.89. The Bertz CT molecular complexity index is 618. The van der Waals surface area contributed by atoms with Gasteiger partial charge in [0.1, 0.15) is 6.54 Å². The van der Waals surface area contributed by atoms with E-state index in [-0.39, 0.29) is 36.5 Å². The van der Waals surface area contributed by atoms with Crippen molar-refractivity contribution in [2.45, 2.75) is 39.5 Å². The topological polar surface area (TPSA) is 88.5 Å². The zero-order valence-corrected chi connectivity index (χ0v) is 15.1. The number of nitrogens with one attached hydrogen (secondary N) is 2. The van der Waals surface area contributed by atoms with Gasteiger partial charge in [-0.2, -0.15) is 5.10 Å². The number of nitrogens with zero attached hydrogens (tertiary/aromatic N) is 3. The molecule has 0 aliphatic carbocycles. The molecular weight excluding hydrogens is 322 g/mol. The first-order valence-corrected chi connectivity index (χ1v) is 8.89. The Labute approximate surface area is 147 Å². The van der Waals surface area contributed by atoms with Crippen molar-refractivity contribution in [3.63, 3.8) is 0 Å². The summed E-state index contributed by atoms with van der Waals surface area (Å²) in [6.45, 7) is 9.01. The fourth-order valence-electron chi connectivity index (χ4n) is 3.27. The summed E-state index contributed by atoms with van der Waals surface area (Å²) in [7, 11) is 0. The minimum atomic E-state index is -0.0393. The van der Waals surface area contributed by atoms with Crippen molar-refractivity contribution >= 4 is 17.5 Å². The number of carbonyl (C=O) groups excluding carboxylic acids is 2. The molecule has 0 radical (unpaired) electrons. The highest BCUT2D eigenvalue weighted by Gasteiger charge is 2.29. The molecule has 2 aliphatic rings. The van der Waals surface area contributed by atoms with Crippen LogP contribution in [0, 0.1) is 11.8 Å². The van der Waals surface area contributed by atoms with E-state index >= 15 is 0 Å². The van der Waals surface area contributed by atoms with Crippen LogP contribution >= 0.6 is 0 Å². The Hall–Kier alpha value is -1.93. The van der Waals surface area contributed by atoms with E-state index in [9.17, 15) is 9.59 Å². The summed E-state index contributed by atoms with van der Waals surface area (Å²) >= 11 is 0. The van der Waals surface area contributed by atoms with Crippen molar-refractivity contribution in [2.75, 3.05) is 31.5 Å². The lowest BCUT2D eigenvalue weighted by atomic mass is 9.88. The highest BCUT2D eigenvalue weighted by Crippen LogP contribution is 2.18. The number of hydrogen-bond donors (Lipinski definition) is 2. The van der Waals surface area contributed by atoms with Crippen molar-refractivity contribution in [3.8, 4) is 0 Å². The third kappa shape index (κ3) is 4.38. The average Bonchev–Trinajstić information content (AvgIpc) is 2.91. The van der Waals surface area contributed by atoms with Crippen molar-refractivity contribution < 1.29 is 14.3 Å². The van der Waals surface area contributed by atoms with Crippen LogP contribution in [0.3, 0.4) is 0 Å². The summed E-state index contributed by atoms with van der Waals surface area (Å²) < 4.78 is 7.22. The summed E-state index contributed by atoms with van der Waals surface area (Å²) in [5.74, 6) is 0.356. The van der Waals surface area contributed by atoms with Crippen LogP contribution < -0.4 is 10.6 Å². The molecule has 3 rings (SSSR count). The number of anilines is 1. The number of rotatable bonds is 5. The van der Waals surface area contributed by atoms with Crippen LogP contribution in [0.2, 0.25) is 0 Å². The highest BCUT2D eigenvalue weighted by atomic mass is 16.5. The van der Waals surface area contributed by atoms with Gasteiger partial charge in [-0.25, -0.2) is 0 Å². The van der Waals surface area contributed by atoms with Gasteiger partial charge in [-0.1, -0.05) is 6.92 Å². The van der Waals surface area contributed by atoms with Crippen molar-refractivity contribution in [2.24, 2.45) is 11.8 Å². The van der Waals surface area contributed by atoms with Gasteiger partial charge in [0.25, 0.3) is 0 Å². The smallest absolute Gasteiger partial charge is 0.244 e.